The van der Waals surface area contributed by atoms with Crippen LogP contribution >= 0.6 is 0 Å². The highest BCUT2D eigenvalue weighted by molar-refractivity contribution is 6.48. The molecule has 16 heteroatoms. The Balaban J connectivity index is 0.000000129. The predicted octanol–water partition coefficient (Wildman–Crippen LogP) is 6.08. The average Bonchev–Trinajstić information content (AvgIpc) is 4.05. The highest BCUT2D eigenvalue weighted by Crippen LogP contribution is 2.37. The number of carbonyl (C=O) groups is 4. The van der Waals surface area contributed by atoms with Crippen molar-refractivity contribution in [2.45, 2.75) is 72.8 Å². The van der Waals surface area contributed by atoms with E-state index in [-0.39, 0.29) is 23.6 Å². The first-order valence-electron chi connectivity index (χ1n) is 26.0. The first-order valence-corrected chi connectivity index (χ1v) is 26.0. The fraction of sp³-hybridized carbons (Fsp3) is 0.250. The van der Waals surface area contributed by atoms with Crippen LogP contribution in [-0.2, 0) is 19.2 Å². The number of aliphatic hydroxyl groups is 4. The van der Waals surface area contributed by atoms with Gasteiger partial charge in [-0.2, -0.15) is 0 Å². The zero-order valence-electron chi connectivity index (χ0n) is 45.8. The second kappa shape index (κ2) is 20.8. The molecule has 0 bridgehead atoms. The maximum Gasteiger partial charge on any atom is 0.274 e. The Bertz CT molecular complexity index is 2960. The minimum atomic E-state index is -0.986. The van der Waals surface area contributed by atoms with Gasteiger partial charge in [0.2, 0.25) is 0 Å². The van der Waals surface area contributed by atoms with Crippen molar-refractivity contribution in [3.63, 3.8) is 0 Å². The lowest BCUT2D eigenvalue weighted by atomic mass is 9.94. The quantitative estimate of drug-likeness (QED) is 0.176. The van der Waals surface area contributed by atoms with Gasteiger partial charge in [-0.3, -0.25) is 19.2 Å². The van der Waals surface area contributed by atoms with E-state index in [1.165, 1.54) is 0 Å². The molecule has 0 saturated heterocycles. The molecule has 0 radical (unpaired) electrons. The van der Waals surface area contributed by atoms with Crippen LogP contribution in [0.5, 0.6) is 0 Å². The Morgan fingerprint density at radius 3 is 0.575 bits per heavy atom. The Kier molecular flexibility index (Phi) is 14.5. The Labute approximate surface area is 465 Å². The molecule has 0 saturated carbocycles. The van der Waals surface area contributed by atoms with E-state index in [1.807, 2.05) is 121 Å². The predicted molar refractivity (Wildman–Crippen MR) is 310 cm³/mol. The summed E-state index contributed by atoms with van der Waals surface area (Å²) in [6.45, 7) is 6.74. The van der Waals surface area contributed by atoms with Crippen molar-refractivity contribution in [3.8, 4) is 0 Å². The molecule has 4 aromatic rings. The van der Waals surface area contributed by atoms with E-state index >= 15 is 0 Å². The Morgan fingerprint density at radius 1 is 0.275 bits per heavy atom. The standard InChI is InChI=1S/4C16H16N2O2/c4*1-15(20)8-10-16(11-9-15)17-13(14(19)18(16)2)12-6-4-3-5-7-12/h4*3-11,20H,1-2H3. The van der Waals surface area contributed by atoms with Crippen molar-refractivity contribution in [2.24, 2.45) is 20.0 Å². The van der Waals surface area contributed by atoms with Gasteiger partial charge in [0.15, 0.2) is 22.7 Å². The number of hydrogen-bond donors (Lipinski definition) is 4. The second-order valence-corrected chi connectivity index (χ2v) is 21.5. The van der Waals surface area contributed by atoms with Crippen molar-refractivity contribution in [3.05, 3.63) is 241 Å². The van der Waals surface area contributed by atoms with Gasteiger partial charge in [0.05, 0.1) is 22.4 Å². The molecule has 4 spiro atoms. The largest absolute Gasteiger partial charge is 0.382 e. The summed E-state index contributed by atoms with van der Waals surface area (Å²) in [6.07, 6.45) is 27.4. The minimum absolute atomic E-state index is 0.118. The fourth-order valence-electron chi connectivity index (χ4n) is 9.60. The zero-order valence-corrected chi connectivity index (χ0v) is 45.8. The van der Waals surface area contributed by atoms with Crippen molar-refractivity contribution in [1.29, 1.82) is 0 Å². The van der Waals surface area contributed by atoms with E-state index in [0.29, 0.717) is 22.8 Å². The van der Waals surface area contributed by atoms with Gasteiger partial charge in [0.25, 0.3) is 23.6 Å². The van der Waals surface area contributed by atoms with Crippen molar-refractivity contribution in [1.82, 2.24) is 19.6 Å². The van der Waals surface area contributed by atoms with Crippen LogP contribution in [-0.4, -0.2) is 160 Å². The van der Waals surface area contributed by atoms with Gasteiger partial charge in [-0.05, 0) is 125 Å². The average molecular weight is 1070 g/mol. The third-order valence-electron chi connectivity index (χ3n) is 14.9. The number of likely N-dealkylation sites (N-methyl/N-ethyl adjacent to an activating group) is 4. The molecule has 0 fully saturated rings. The van der Waals surface area contributed by atoms with E-state index in [0.717, 1.165) is 22.3 Å². The van der Waals surface area contributed by atoms with Gasteiger partial charge < -0.3 is 40.0 Å². The summed E-state index contributed by atoms with van der Waals surface area (Å²) in [6, 6.07) is 37.6. The normalized spacial score (nSPS) is 32.0. The Hall–Kier alpha value is -8.80. The van der Waals surface area contributed by atoms with Crippen molar-refractivity contribution >= 4 is 46.5 Å². The molecule has 4 aromatic carbocycles. The fourth-order valence-corrected chi connectivity index (χ4v) is 9.60. The molecule has 0 aromatic heterocycles. The molecule has 4 aliphatic heterocycles. The van der Waals surface area contributed by atoms with E-state index in [2.05, 4.69) is 20.0 Å². The lowest BCUT2D eigenvalue weighted by Crippen LogP contribution is -2.43. The van der Waals surface area contributed by atoms with Crippen LogP contribution in [0.3, 0.4) is 0 Å². The summed E-state index contributed by atoms with van der Waals surface area (Å²) in [4.78, 5) is 74.3. The maximum absolute atomic E-state index is 12.4. The number of amides is 4. The van der Waals surface area contributed by atoms with Gasteiger partial charge in [-0.25, -0.2) is 20.0 Å². The first-order chi connectivity index (χ1) is 37.7. The molecule has 16 nitrogen and oxygen atoms in total. The van der Waals surface area contributed by atoms with Crippen LogP contribution < -0.4 is 0 Å². The molecule has 12 rings (SSSR count). The third-order valence-corrected chi connectivity index (χ3v) is 14.9. The molecule has 80 heavy (non-hydrogen) atoms. The number of hydrogen-bond acceptors (Lipinski definition) is 12. The van der Waals surface area contributed by atoms with E-state index < -0.39 is 45.1 Å². The maximum atomic E-state index is 12.4. The number of aliphatic imine (C=N–C) groups is 4. The van der Waals surface area contributed by atoms with Crippen LogP contribution in [0.2, 0.25) is 0 Å². The van der Waals surface area contributed by atoms with Gasteiger partial charge >= 0.3 is 0 Å². The molecule has 4 heterocycles. The summed E-state index contributed by atoms with van der Waals surface area (Å²) >= 11 is 0. The van der Waals surface area contributed by atoms with Crippen LogP contribution in [0, 0.1) is 0 Å². The smallest absolute Gasteiger partial charge is 0.274 e. The van der Waals surface area contributed by atoms with Crippen molar-refractivity contribution in [2.75, 3.05) is 28.2 Å². The van der Waals surface area contributed by atoms with E-state index in [4.69, 9.17) is 0 Å². The summed E-state index contributed by atoms with van der Waals surface area (Å²) in [5.41, 5.74) is -2.19. The van der Waals surface area contributed by atoms with Gasteiger partial charge in [-0.1, -0.05) is 121 Å². The highest BCUT2D eigenvalue weighted by atomic mass is 16.3. The summed E-state index contributed by atoms with van der Waals surface area (Å²) in [7, 11) is 6.87. The van der Waals surface area contributed by atoms with Crippen LogP contribution in [0.25, 0.3) is 0 Å². The molecule has 4 N–H and O–H groups in total. The molecule has 4 aliphatic carbocycles. The molecule has 4 amide bonds. The topological polar surface area (TPSA) is 212 Å². The van der Waals surface area contributed by atoms with Gasteiger partial charge in [0, 0.05) is 50.4 Å². The summed E-state index contributed by atoms with van der Waals surface area (Å²) < 4.78 is 0. The Morgan fingerprint density at radius 2 is 0.425 bits per heavy atom. The molecule has 408 valence electrons. The van der Waals surface area contributed by atoms with Crippen LogP contribution in [0.1, 0.15) is 49.9 Å². The zero-order chi connectivity index (χ0) is 57.5. The SMILES string of the molecule is CN1C(=O)C(c2ccccc2)=NC12C=CC(C)(O)C=C2.CN1C(=O)C(c2ccccc2)=NC12C=CC(C)(O)C=C2.CN1C(=O)C(c2ccccc2)=NC12C=CC(C)(O)C=C2.CN1C(=O)C(c2ccccc2)=NC12C=CC(C)(O)C=C2. The lowest BCUT2D eigenvalue weighted by Gasteiger charge is -2.32. The van der Waals surface area contributed by atoms with Gasteiger partial charge in [-0.15, -0.1) is 0 Å². The molecule has 8 aliphatic rings. The molecule has 0 unspecified atom stereocenters. The first kappa shape index (κ1) is 55.9. The van der Waals surface area contributed by atoms with Gasteiger partial charge in [0.1, 0.15) is 22.8 Å². The van der Waals surface area contributed by atoms with E-state index in [9.17, 15) is 39.6 Å². The summed E-state index contributed by atoms with van der Waals surface area (Å²) in [5.74, 6) is -0.474. The third kappa shape index (κ3) is 11.0. The van der Waals surface area contributed by atoms with Crippen LogP contribution in [0.4, 0.5) is 0 Å². The number of carbonyl (C=O) groups excluding carboxylic acids is 4. The second-order valence-electron chi connectivity index (χ2n) is 21.5. The highest BCUT2D eigenvalue weighted by Gasteiger charge is 2.47. The number of rotatable bonds is 4. The lowest BCUT2D eigenvalue weighted by molar-refractivity contribution is -0.124. The number of benzene rings is 4. The number of nitrogens with zero attached hydrogens (tertiary/aromatic N) is 8. The molecular formula is C64H64N8O8. The minimum Gasteiger partial charge on any atom is -0.382 e. The van der Waals surface area contributed by atoms with E-state index in [1.54, 1.807) is 173 Å². The summed E-state index contributed by atoms with van der Waals surface area (Å²) in [5, 5.41) is 39.7. The molecular weight excluding hydrogens is 1010 g/mol. The van der Waals surface area contributed by atoms with Crippen molar-refractivity contribution < 1.29 is 39.6 Å². The molecule has 0 atom stereocenters. The monoisotopic (exact) mass is 1070 g/mol. The van der Waals surface area contributed by atoms with Crippen LogP contribution in [0.15, 0.2) is 239 Å².